The number of esters is 1. The van der Waals surface area contributed by atoms with Gasteiger partial charge in [0, 0.05) is 25.2 Å². The third-order valence-electron chi connectivity index (χ3n) is 4.90. The fourth-order valence-corrected chi connectivity index (χ4v) is 3.02. The molecule has 5 atom stereocenters. The van der Waals surface area contributed by atoms with Gasteiger partial charge < -0.3 is 45.5 Å². The fraction of sp³-hybridized carbons (Fsp3) is 0.500. The molecule has 1 heterocycles. The maximum absolute atomic E-state index is 11.9. The molecular formula is C22H29N3O9. The molecule has 0 saturated carbocycles. The van der Waals surface area contributed by atoms with Crippen LogP contribution in [0.5, 0.6) is 5.75 Å². The second-order valence-corrected chi connectivity index (χ2v) is 7.40. The number of amides is 3. The van der Waals surface area contributed by atoms with Gasteiger partial charge in [0.05, 0.1) is 7.11 Å². The van der Waals surface area contributed by atoms with Crippen LogP contribution in [0, 0.1) is 12.3 Å². The molecule has 34 heavy (non-hydrogen) atoms. The lowest BCUT2D eigenvalue weighted by Crippen LogP contribution is -2.61. The highest BCUT2D eigenvalue weighted by atomic mass is 16.7. The molecule has 0 aliphatic carbocycles. The van der Waals surface area contributed by atoms with Crippen molar-refractivity contribution >= 4 is 23.6 Å². The van der Waals surface area contributed by atoms with Crippen LogP contribution in [0.15, 0.2) is 24.3 Å². The number of aliphatic hydroxyl groups excluding tert-OH is 3. The van der Waals surface area contributed by atoms with Crippen LogP contribution in [0.2, 0.25) is 0 Å². The molecule has 1 aliphatic rings. The minimum atomic E-state index is -1.64. The van der Waals surface area contributed by atoms with E-state index in [-0.39, 0.29) is 18.3 Å². The highest BCUT2D eigenvalue weighted by Gasteiger charge is 2.45. The van der Waals surface area contributed by atoms with E-state index in [4.69, 9.17) is 15.9 Å². The molecule has 1 aromatic rings. The zero-order valence-electron chi connectivity index (χ0n) is 18.6. The van der Waals surface area contributed by atoms with Crippen molar-refractivity contribution in [1.82, 2.24) is 10.6 Å². The first kappa shape index (κ1) is 26.9. The SMILES string of the molecule is C#CCCCCNC(=O)Nc1ccc(O[C@H]2O[C@H](CNC(=O)C(=O)OC)[C@@H](O)[C@H](O)[C@@H]2O)cc1. The van der Waals surface area contributed by atoms with E-state index in [1.807, 2.05) is 0 Å². The summed E-state index contributed by atoms with van der Waals surface area (Å²) < 4.78 is 15.3. The standard InChI is InChI=1S/C22H29N3O9/c1-3-4-5-6-11-23-22(31)25-13-7-9-14(10-8-13)33-21-18(28)17(27)16(26)15(34-21)12-24-19(29)20(30)32-2/h1,7-10,15-18,21,26-28H,4-6,11-12H2,2H3,(H,24,29)(H2,23,25,31)/t15-,16-,17+,18+,21+/m1/s1. The summed E-state index contributed by atoms with van der Waals surface area (Å²) in [6, 6.07) is 5.74. The van der Waals surface area contributed by atoms with E-state index in [0.29, 0.717) is 18.7 Å². The quantitative estimate of drug-likeness (QED) is 0.113. The van der Waals surface area contributed by atoms with Gasteiger partial charge in [-0.15, -0.1) is 12.3 Å². The van der Waals surface area contributed by atoms with Crippen LogP contribution in [0.25, 0.3) is 0 Å². The number of rotatable bonds is 9. The number of benzene rings is 1. The summed E-state index contributed by atoms with van der Waals surface area (Å²) in [5, 5.41) is 38.0. The van der Waals surface area contributed by atoms with Crippen molar-refractivity contribution < 1.29 is 43.9 Å². The van der Waals surface area contributed by atoms with Crippen molar-refractivity contribution in [3.63, 3.8) is 0 Å². The Balaban J connectivity index is 1.89. The van der Waals surface area contributed by atoms with Gasteiger partial charge in [0.25, 0.3) is 0 Å². The van der Waals surface area contributed by atoms with Gasteiger partial charge in [-0.05, 0) is 37.1 Å². The van der Waals surface area contributed by atoms with E-state index in [1.54, 1.807) is 12.1 Å². The molecular weight excluding hydrogens is 450 g/mol. The van der Waals surface area contributed by atoms with Crippen LogP contribution in [-0.2, 0) is 19.1 Å². The third kappa shape index (κ3) is 7.89. The van der Waals surface area contributed by atoms with Gasteiger partial charge in [-0.1, -0.05) is 0 Å². The van der Waals surface area contributed by atoms with E-state index in [1.165, 1.54) is 12.1 Å². The van der Waals surface area contributed by atoms with Crippen LogP contribution in [0.4, 0.5) is 10.5 Å². The van der Waals surface area contributed by atoms with Crippen LogP contribution in [0.1, 0.15) is 19.3 Å². The zero-order chi connectivity index (χ0) is 25.1. The predicted molar refractivity (Wildman–Crippen MR) is 118 cm³/mol. The van der Waals surface area contributed by atoms with E-state index in [2.05, 4.69) is 26.6 Å². The van der Waals surface area contributed by atoms with Gasteiger partial charge in [0.15, 0.2) is 0 Å². The molecule has 12 heteroatoms. The lowest BCUT2D eigenvalue weighted by molar-refractivity contribution is -0.270. The Morgan fingerprint density at radius 2 is 1.76 bits per heavy atom. The number of terminal acetylenes is 1. The first-order chi connectivity index (χ1) is 16.3. The van der Waals surface area contributed by atoms with Gasteiger partial charge >= 0.3 is 17.9 Å². The number of methoxy groups -OCH3 is 1. The summed E-state index contributed by atoms with van der Waals surface area (Å²) in [5.41, 5.74) is 0.484. The molecule has 186 valence electrons. The van der Waals surface area contributed by atoms with Crippen molar-refractivity contribution in [3.05, 3.63) is 24.3 Å². The molecule has 0 unspecified atom stereocenters. The number of ether oxygens (including phenoxy) is 3. The van der Waals surface area contributed by atoms with Crippen molar-refractivity contribution in [2.24, 2.45) is 0 Å². The Morgan fingerprint density at radius 3 is 2.41 bits per heavy atom. The molecule has 0 radical (unpaired) electrons. The maximum atomic E-state index is 11.9. The van der Waals surface area contributed by atoms with Crippen LogP contribution in [-0.4, -0.2) is 84.1 Å². The first-order valence-corrected chi connectivity index (χ1v) is 10.6. The Bertz CT molecular complexity index is 871. The molecule has 12 nitrogen and oxygen atoms in total. The summed E-state index contributed by atoms with van der Waals surface area (Å²) >= 11 is 0. The minimum Gasteiger partial charge on any atom is -0.462 e. The zero-order valence-corrected chi connectivity index (χ0v) is 18.6. The number of carbonyl (C=O) groups excluding carboxylic acids is 3. The molecule has 6 N–H and O–H groups in total. The van der Waals surface area contributed by atoms with Gasteiger partial charge in [-0.25, -0.2) is 9.59 Å². The highest BCUT2D eigenvalue weighted by Crippen LogP contribution is 2.25. The second-order valence-electron chi connectivity index (χ2n) is 7.40. The highest BCUT2D eigenvalue weighted by molar-refractivity contribution is 6.32. The summed E-state index contributed by atoms with van der Waals surface area (Å²) in [7, 11) is 1.04. The number of nitrogens with one attached hydrogen (secondary N) is 3. The number of hydrogen-bond donors (Lipinski definition) is 6. The average molecular weight is 479 g/mol. The Labute approximate surface area is 196 Å². The molecule has 1 aromatic carbocycles. The number of aliphatic hydroxyl groups is 3. The second kappa shape index (κ2) is 13.4. The van der Waals surface area contributed by atoms with Crippen LogP contribution in [0.3, 0.4) is 0 Å². The predicted octanol–water partition coefficient (Wildman–Crippen LogP) is -0.913. The van der Waals surface area contributed by atoms with Gasteiger partial charge in [-0.3, -0.25) is 4.79 Å². The van der Waals surface area contributed by atoms with Crippen molar-refractivity contribution in [2.45, 2.75) is 50.0 Å². The smallest absolute Gasteiger partial charge is 0.396 e. The van der Waals surface area contributed by atoms with Crippen LogP contribution < -0.4 is 20.7 Å². The summed E-state index contributed by atoms with van der Waals surface area (Å²) in [5.74, 6) is 0.580. The molecule has 2 rings (SSSR count). The number of unbranched alkanes of at least 4 members (excludes halogenated alkanes) is 2. The normalized spacial score (nSPS) is 23.8. The van der Waals surface area contributed by atoms with E-state index in [9.17, 15) is 29.7 Å². The number of hydrogen-bond acceptors (Lipinski definition) is 9. The molecule has 0 aromatic heterocycles. The van der Waals surface area contributed by atoms with E-state index in [0.717, 1.165) is 20.0 Å². The van der Waals surface area contributed by atoms with Crippen molar-refractivity contribution in [2.75, 3.05) is 25.5 Å². The monoisotopic (exact) mass is 479 g/mol. The van der Waals surface area contributed by atoms with Gasteiger partial charge in [0.2, 0.25) is 6.29 Å². The van der Waals surface area contributed by atoms with E-state index < -0.39 is 42.6 Å². The van der Waals surface area contributed by atoms with E-state index >= 15 is 0 Å². The Hall–Kier alpha value is -3.37. The minimum absolute atomic E-state index is 0.241. The van der Waals surface area contributed by atoms with Crippen molar-refractivity contribution in [3.8, 4) is 18.1 Å². The number of carbonyl (C=O) groups is 3. The first-order valence-electron chi connectivity index (χ1n) is 10.6. The molecule has 1 fully saturated rings. The molecule has 0 spiro atoms. The lowest BCUT2D eigenvalue weighted by Gasteiger charge is -2.40. The van der Waals surface area contributed by atoms with Crippen LogP contribution >= 0.6 is 0 Å². The van der Waals surface area contributed by atoms with Crippen molar-refractivity contribution in [1.29, 1.82) is 0 Å². The summed E-state index contributed by atoms with van der Waals surface area (Å²) in [6.07, 6.45) is 0.0706. The number of urea groups is 1. The molecule has 3 amide bonds. The Kier molecular flexibility index (Phi) is 10.6. The lowest BCUT2D eigenvalue weighted by atomic mass is 9.99. The Morgan fingerprint density at radius 1 is 1.06 bits per heavy atom. The van der Waals surface area contributed by atoms with Gasteiger partial charge in [-0.2, -0.15) is 0 Å². The average Bonchev–Trinajstić information content (AvgIpc) is 2.83. The largest absolute Gasteiger partial charge is 0.462 e. The molecule has 1 saturated heterocycles. The third-order valence-corrected chi connectivity index (χ3v) is 4.90. The molecule has 1 aliphatic heterocycles. The molecule has 0 bridgehead atoms. The summed E-state index contributed by atoms with van der Waals surface area (Å²) in [6.45, 7) is 0.139. The maximum Gasteiger partial charge on any atom is 0.396 e. The topological polar surface area (TPSA) is 176 Å². The van der Waals surface area contributed by atoms with Gasteiger partial charge in [0.1, 0.15) is 30.2 Å². The summed E-state index contributed by atoms with van der Waals surface area (Å²) in [4.78, 5) is 34.6. The fourth-order valence-electron chi connectivity index (χ4n) is 3.02. The number of anilines is 1.